The minimum Gasteiger partial charge on any atom is -0.481 e. The highest BCUT2D eigenvalue weighted by Gasteiger charge is 2.25. The van der Waals surface area contributed by atoms with Crippen LogP contribution in [0.5, 0.6) is 5.88 Å². The molecule has 0 radical (unpaired) electrons. The van der Waals surface area contributed by atoms with Crippen LogP contribution in [-0.2, 0) is 0 Å². The zero-order chi connectivity index (χ0) is 14.9. The van der Waals surface area contributed by atoms with E-state index in [0.29, 0.717) is 11.6 Å². The van der Waals surface area contributed by atoms with Gasteiger partial charge in [-0.2, -0.15) is 5.10 Å². The lowest BCUT2D eigenvalue weighted by molar-refractivity contribution is 0.0687. The molecule has 0 saturated carbocycles. The number of rotatable bonds is 4. The molecule has 2 aromatic heterocycles. The molecule has 6 nitrogen and oxygen atoms in total. The molecular formula is C13H17N3O3Si. The summed E-state index contributed by atoms with van der Waals surface area (Å²) in [5, 5.41) is 14.6. The molecule has 0 atom stereocenters. The molecule has 7 heteroatoms. The number of hydrogen-bond acceptors (Lipinski definition) is 4. The Morgan fingerprint density at radius 2 is 2.05 bits per heavy atom. The summed E-state index contributed by atoms with van der Waals surface area (Å²) in [4.78, 5) is 15.4. The van der Waals surface area contributed by atoms with Gasteiger partial charge >= 0.3 is 5.97 Å². The predicted octanol–water partition coefficient (Wildman–Crippen LogP) is 1.52. The number of aromatic nitrogens is 3. The Morgan fingerprint density at radius 1 is 1.35 bits per heavy atom. The van der Waals surface area contributed by atoms with Crippen LogP contribution in [0.15, 0.2) is 24.4 Å². The molecule has 0 aliphatic heterocycles. The van der Waals surface area contributed by atoms with Gasteiger partial charge in [0.1, 0.15) is 8.07 Å². The zero-order valence-electron chi connectivity index (χ0n) is 11.9. The van der Waals surface area contributed by atoms with Gasteiger partial charge in [-0.25, -0.2) is 14.5 Å². The second-order valence-electron chi connectivity index (χ2n) is 5.44. The molecule has 0 unspecified atom stereocenters. The largest absolute Gasteiger partial charge is 0.481 e. The Bertz CT molecular complexity index is 629. The number of nitrogens with zero attached hydrogens (tertiary/aromatic N) is 3. The highest BCUT2D eigenvalue weighted by atomic mass is 28.3. The molecule has 0 amide bonds. The Balaban J connectivity index is 2.53. The van der Waals surface area contributed by atoms with Gasteiger partial charge in [0.2, 0.25) is 5.88 Å². The molecule has 2 aromatic rings. The summed E-state index contributed by atoms with van der Waals surface area (Å²) in [6, 6.07) is 5.06. The summed E-state index contributed by atoms with van der Waals surface area (Å²) in [7, 11) is -0.151. The molecule has 1 N–H and O–H groups in total. The highest BCUT2D eigenvalue weighted by Crippen LogP contribution is 2.14. The lowest BCUT2D eigenvalue weighted by Gasteiger charge is -2.11. The van der Waals surface area contributed by atoms with E-state index < -0.39 is 14.0 Å². The van der Waals surface area contributed by atoms with Gasteiger partial charge in [0, 0.05) is 11.4 Å². The van der Waals surface area contributed by atoms with E-state index in [1.165, 1.54) is 11.8 Å². The highest BCUT2D eigenvalue weighted by molar-refractivity contribution is 6.88. The van der Waals surface area contributed by atoms with Gasteiger partial charge in [-0.3, -0.25) is 0 Å². The Kier molecular flexibility index (Phi) is 3.62. The lowest BCUT2D eigenvalue weighted by atomic mass is 10.4. The van der Waals surface area contributed by atoms with Crippen LogP contribution < -0.4 is 10.1 Å². The number of hydrogen-bond donors (Lipinski definition) is 1. The van der Waals surface area contributed by atoms with E-state index in [2.05, 4.69) is 29.7 Å². The third-order valence-electron chi connectivity index (χ3n) is 2.87. The summed E-state index contributed by atoms with van der Waals surface area (Å²) in [5.41, 5.74) is 0.752. The fraction of sp³-hybridized carbons (Fsp3) is 0.308. The standard InChI is InChI=1S/C13H17N3O3Si/c1-19-11-6-5-9(8-14-11)16-10(13(17)18)7-12(15-16)20(2,3)4/h5-8H,1-4H3,(H,17,18). The number of carboxylic acids is 1. The van der Waals surface area contributed by atoms with Crippen molar-refractivity contribution in [3.8, 4) is 11.6 Å². The smallest absolute Gasteiger partial charge is 0.354 e. The van der Waals surface area contributed by atoms with E-state index in [9.17, 15) is 9.90 Å². The second kappa shape index (κ2) is 5.08. The maximum atomic E-state index is 11.4. The van der Waals surface area contributed by atoms with Gasteiger partial charge in [-0.1, -0.05) is 19.6 Å². The van der Waals surface area contributed by atoms with E-state index in [-0.39, 0.29) is 5.69 Å². The third-order valence-corrected chi connectivity index (χ3v) is 4.65. The Morgan fingerprint density at radius 3 is 2.50 bits per heavy atom. The monoisotopic (exact) mass is 291 g/mol. The molecule has 0 aliphatic carbocycles. The van der Waals surface area contributed by atoms with E-state index >= 15 is 0 Å². The SMILES string of the molecule is COc1ccc(-n2nc([Si](C)(C)C)cc2C(=O)O)cn1. The molecule has 0 spiro atoms. The molecule has 20 heavy (non-hydrogen) atoms. The van der Waals surface area contributed by atoms with Crippen LogP contribution in [0.3, 0.4) is 0 Å². The molecule has 0 bridgehead atoms. The van der Waals surface area contributed by atoms with Crippen molar-refractivity contribution >= 4 is 19.4 Å². The van der Waals surface area contributed by atoms with Crippen molar-refractivity contribution in [1.29, 1.82) is 0 Å². The maximum absolute atomic E-state index is 11.4. The van der Waals surface area contributed by atoms with Crippen LogP contribution in [-0.4, -0.2) is 41.0 Å². The quantitative estimate of drug-likeness (QED) is 0.864. The van der Waals surface area contributed by atoms with Gasteiger partial charge in [-0.15, -0.1) is 0 Å². The summed E-state index contributed by atoms with van der Waals surface area (Å²) < 4.78 is 6.41. The first-order valence-electron chi connectivity index (χ1n) is 6.17. The summed E-state index contributed by atoms with van der Waals surface area (Å²) in [6.45, 7) is 6.37. The Labute approximate surface area is 118 Å². The Hall–Kier alpha value is -2.15. The molecule has 106 valence electrons. The van der Waals surface area contributed by atoms with Crippen LogP contribution in [0.2, 0.25) is 19.6 Å². The summed E-state index contributed by atoms with van der Waals surface area (Å²) >= 11 is 0. The van der Waals surface area contributed by atoms with Gasteiger partial charge in [0.05, 0.1) is 19.0 Å². The van der Waals surface area contributed by atoms with Crippen molar-refractivity contribution in [3.63, 3.8) is 0 Å². The van der Waals surface area contributed by atoms with Crippen LogP contribution >= 0.6 is 0 Å². The number of pyridine rings is 1. The fourth-order valence-corrected chi connectivity index (χ4v) is 2.69. The first-order valence-corrected chi connectivity index (χ1v) is 9.67. The molecule has 0 saturated heterocycles. The topological polar surface area (TPSA) is 77.2 Å². The zero-order valence-corrected chi connectivity index (χ0v) is 12.9. The first-order chi connectivity index (χ1) is 9.32. The molecule has 0 aromatic carbocycles. The maximum Gasteiger partial charge on any atom is 0.354 e. The summed E-state index contributed by atoms with van der Waals surface area (Å²) in [6.07, 6.45) is 1.55. The minimum absolute atomic E-state index is 0.148. The normalized spacial score (nSPS) is 11.4. The van der Waals surface area contributed by atoms with Gasteiger partial charge in [0.15, 0.2) is 5.69 Å². The molecule has 2 rings (SSSR count). The number of methoxy groups -OCH3 is 1. The van der Waals surface area contributed by atoms with Crippen LogP contribution in [0.1, 0.15) is 10.5 Å². The minimum atomic E-state index is -1.68. The fourth-order valence-electron chi connectivity index (χ4n) is 1.72. The molecular weight excluding hydrogens is 274 g/mol. The van der Waals surface area contributed by atoms with Gasteiger partial charge in [0.25, 0.3) is 0 Å². The average molecular weight is 291 g/mol. The van der Waals surface area contributed by atoms with E-state index in [4.69, 9.17) is 4.74 Å². The van der Waals surface area contributed by atoms with Gasteiger partial charge < -0.3 is 9.84 Å². The second-order valence-corrected chi connectivity index (χ2v) is 10.5. The van der Waals surface area contributed by atoms with E-state index in [1.54, 1.807) is 24.4 Å². The first kappa shape index (κ1) is 14.3. The van der Waals surface area contributed by atoms with Crippen molar-refractivity contribution in [2.45, 2.75) is 19.6 Å². The third kappa shape index (κ3) is 2.72. The van der Waals surface area contributed by atoms with Crippen LogP contribution in [0.4, 0.5) is 0 Å². The van der Waals surface area contributed by atoms with Crippen LogP contribution in [0.25, 0.3) is 5.69 Å². The van der Waals surface area contributed by atoms with Crippen molar-refractivity contribution in [2.24, 2.45) is 0 Å². The number of carbonyl (C=O) groups is 1. The van der Waals surface area contributed by atoms with E-state index in [1.807, 2.05) is 0 Å². The molecule has 0 fully saturated rings. The average Bonchev–Trinajstić information content (AvgIpc) is 2.84. The van der Waals surface area contributed by atoms with Crippen molar-refractivity contribution in [1.82, 2.24) is 14.8 Å². The number of aromatic carboxylic acids is 1. The van der Waals surface area contributed by atoms with Crippen molar-refractivity contribution in [3.05, 3.63) is 30.1 Å². The van der Waals surface area contributed by atoms with Gasteiger partial charge in [-0.05, 0) is 12.1 Å². The number of carboxylic acid groups (broad SMARTS) is 1. The summed E-state index contributed by atoms with van der Waals surface area (Å²) in [5.74, 6) is -0.527. The van der Waals surface area contributed by atoms with E-state index in [0.717, 1.165) is 5.32 Å². The molecule has 2 heterocycles. The predicted molar refractivity (Wildman–Crippen MR) is 77.9 cm³/mol. The van der Waals surface area contributed by atoms with Crippen LogP contribution in [0, 0.1) is 0 Å². The number of ether oxygens (including phenoxy) is 1. The van der Waals surface area contributed by atoms with Crippen molar-refractivity contribution < 1.29 is 14.6 Å². The van der Waals surface area contributed by atoms with Crippen molar-refractivity contribution in [2.75, 3.05) is 7.11 Å². The lowest BCUT2D eigenvalue weighted by Crippen LogP contribution is -2.39. The molecule has 0 aliphatic rings.